The summed E-state index contributed by atoms with van der Waals surface area (Å²) in [4.78, 5) is 16.2. The van der Waals surface area contributed by atoms with E-state index in [0.29, 0.717) is 5.69 Å². The van der Waals surface area contributed by atoms with Crippen LogP contribution in [-0.2, 0) is 4.84 Å². The van der Waals surface area contributed by atoms with Crippen LogP contribution in [0.3, 0.4) is 0 Å². The van der Waals surface area contributed by atoms with Gasteiger partial charge in [-0.3, -0.25) is 10.3 Å². The fourth-order valence-corrected chi connectivity index (χ4v) is 1.03. The molecule has 0 bridgehead atoms. The Morgan fingerprint density at radius 3 is 2.39 bits per heavy atom. The molecule has 0 amide bonds. The van der Waals surface area contributed by atoms with Gasteiger partial charge in [-0.15, -0.1) is 0 Å². The molecule has 0 radical (unpaired) electrons. The van der Waals surface area contributed by atoms with Gasteiger partial charge in [-0.1, -0.05) is 6.07 Å². The molecule has 0 aliphatic rings. The van der Waals surface area contributed by atoms with Crippen LogP contribution < -0.4 is 5.48 Å². The van der Waals surface area contributed by atoms with Gasteiger partial charge in [0, 0.05) is 0 Å². The van der Waals surface area contributed by atoms with E-state index in [9.17, 15) is 9.90 Å². The molecule has 0 aliphatic carbocycles. The number of carbonyl (C=O) groups is 1. The zero-order valence-electron chi connectivity index (χ0n) is 11.0. The maximum Gasteiger partial charge on any atom is 0.335 e. The van der Waals surface area contributed by atoms with Crippen molar-refractivity contribution in [2.45, 2.75) is 38.9 Å². The van der Waals surface area contributed by atoms with Crippen LogP contribution in [0.1, 0.15) is 38.1 Å². The van der Waals surface area contributed by atoms with Crippen LogP contribution in [-0.4, -0.2) is 27.4 Å². The minimum absolute atomic E-state index is 0.171. The molecule has 1 aromatic rings. The van der Waals surface area contributed by atoms with Gasteiger partial charge in [-0.2, -0.15) is 0 Å². The van der Waals surface area contributed by atoms with E-state index in [1.165, 1.54) is 12.1 Å². The van der Waals surface area contributed by atoms with Crippen LogP contribution in [0.25, 0.3) is 0 Å². The second-order valence-corrected chi connectivity index (χ2v) is 5.16. The standard InChI is InChI=1S/C13H19NO4/c1-12(2,17)13(3,4)18-14-10-7-5-6-9(8-10)11(15)16/h5-8,14,17H,1-4H3,(H,15,16). The molecule has 1 aromatic carbocycles. The van der Waals surface area contributed by atoms with Crippen molar-refractivity contribution in [2.75, 3.05) is 5.48 Å². The second kappa shape index (κ2) is 4.96. The lowest BCUT2D eigenvalue weighted by molar-refractivity contribution is -0.130. The number of carboxylic acid groups (broad SMARTS) is 1. The Morgan fingerprint density at radius 1 is 1.28 bits per heavy atom. The fourth-order valence-electron chi connectivity index (χ4n) is 1.03. The smallest absolute Gasteiger partial charge is 0.335 e. The van der Waals surface area contributed by atoms with Gasteiger partial charge in [0.15, 0.2) is 0 Å². The molecule has 18 heavy (non-hydrogen) atoms. The summed E-state index contributed by atoms with van der Waals surface area (Å²) >= 11 is 0. The highest BCUT2D eigenvalue weighted by Crippen LogP contribution is 2.25. The van der Waals surface area contributed by atoms with E-state index in [4.69, 9.17) is 9.94 Å². The summed E-state index contributed by atoms with van der Waals surface area (Å²) < 4.78 is 0. The number of carboxylic acids is 1. The Balaban J connectivity index is 2.75. The third-order valence-corrected chi connectivity index (χ3v) is 3.01. The molecular weight excluding hydrogens is 234 g/mol. The highest BCUT2D eigenvalue weighted by molar-refractivity contribution is 5.88. The predicted octanol–water partition coefficient (Wildman–Crippen LogP) is 2.28. The predicted molar refractivity (Wildman–Crippen MR) is 68.5 cm³/mol. The summed E-state index contributed by atoms with van der Waals surface area (Å²) in [7, 11) is 0. The molecule has 0 aliphatic heterocycles. The summed E-state index contributed by atoms with van der Waals surface area (Å²) in [5.41, 5.74) is 1.49. The van der Waals surface area contributed by atoms with E-state index in [2.05, 4.69) is 5.48 Å². The number of hydrogen-bond acceptors (Lipinski definition) is 4. The van der Waals surface area contributed by atoms with Gasteiger partial charge in [0.1, 0.15) is 5.60 Å². The number of aliphatic hydroxyl groups is 1. The van der Waals surface area contributed by atoms with E-state index in [0.717, 1.165) is 0 Å². The first-order chi connectivity index (χ1) is 8.13. The van der Waals surface area contributed by atoms with Crippen LogP contribution in [0.5, 0.6) is 0 Å². The number of benzene rings is 1. The van der Waals surface area contributed by atoms with Gasteiger partial charge >= 0.3 is 5.97 Å². The molecule has 0 saturated heterocycles. The monoisotopic (exact) mass is 253 g/mol. The van der Waals surface area contributed by atoms with Crippen LogP contribution in [0.4, 0.5) is 5.69 Å². The van der Waals surface area contributed by atoms with Crippen molar-refractivity contribution < 1.29 is 19.8 Å². The highest BCUT2D eigenvalue weighted by Gasteiger charge is 2.37. The lowest BCUT2D eigenvalue weighted by atomic mass is 9.90. The molecule has 0 spiro atoms. The van der Waals surface area contributed by atoms with Crippen LogP contribution in [0.15, 0.2) is 24.3 Å². The second-order valence-electron chi connectivity index (χ2n) is 5.16. The SMILES string of the molecule is CC(C)(O)C(C)(C)ONc1cccc(C(=O)O)c1. The fraction of sp³-hybridized carbons (Fsp3) is 0.462. The van der Waals surface area contributed by atoms with Crippen LogP contribution in [0.2, 0.25) is 0 Å². The molecule has 0 atom stereocenters. The van der Waals surface area contributed by atoms with Crippen LogP contribution >= 0.6 is 0 Å². The van der Waals surface area contributed by atoms with Crippen molar-refractivity contribution in [2.24, 2.45) is 0 Å². The van der Waals surface area contributed by atoms with E-state index < -0.39 is 17.2 Å². The molecule has 0 saturated carbocycles. The first-order valence-electron chi connectivity index (χ1n) is 5.63. The van der Waals surface area contributed by atoms with Gasteiger partial charge in [-0.05, 0) is 45.9 Å². The number of nitrogens with one attached hydrogen (secondary N) is 1. The Labute approximate surface area is 106 Å². The number of anilines is 1. The van der Waals surface area contributed by atoms with E-state index >= 15 is 0 Å². The maximum absolute atomic E-state index is 10.8. The molecule has 100 valence electrons. The van der Waals surface area contributed by atoms with Crippen molar-refractivity contribution in [3.63, 3.8) is 0 Å². The summed E-state index contributed by atoms with van der Waals surface area (Å²) in [6, 6.07) is 6.26. The normalized spacial score (nSPS) is 12.3. The van der Waals surface area contributed by atoms with Gasteiger partial charge in [0.2, 0.25) is 0 Å². The first kappa shape index (κ1) is 14.5. The lowest BCUT2D eigenvalue weighted by Gasteiger charge is -2.36. The van der Waals surface area contributed by atoms with Crippen molar-refractivity contribution >= 4 is 11.7 Å². The Hall–Kier alpha value is -1.59. The Bertz CT molecular complexity index is 435. The molecule has 0 aromatic heterocycles. The summed E-state index contributed by atoms with van der Waals surface area (Å²) in [5.74, 6) is -1.000. The highest BCUT2D eigenvalue weighted by atomic mass is 16.7. The lowest BCUT2D eigenvalue weighted by Crippen LogP contribution is -2.48. The first-order valence-corrected chi connectivity index (χ1v) is 5.63. The third kappa shape index (κ3) is 3.45. The molecule has 1 rings (SSSR count). The van der Waals surface area contributed by atoms with Gasteiger partial charge in [0.25, 0.3) is 0 Å². The van der Waals surface area contributed by atoms with Crippen LogP contribution in [0, 0.1) is 0 Å². The summed E-state index contributed by atoms with van der Waals surface area (Å²) in [5, 5.41) is 18.8. The van der Waals surface area contributed by atoms with E-state index in [1.807, 2.05) is 0 Å². The average Bonchev–Trinajstić information content (AvgIpc) is 2.25. The average molecular weight is 253 g/mol. The Morgan fingerprint density at radius 2 is 1.89 bits per heavy atom. The Kier molecular flexibility index (Phi) is 3.98. The number of hydrogen-bond donors (Lipinski definition) is 3. The molecule has 5 nitrogen and oxygen atoms in total. The van der Waals surface area contributed by atoms with Crippen molar-refractivity contribution in [1.82, 2.24) is 0 Å². The van der Waals surface area contributed by atoms with E-state index in [-0.39, 0.29) is 5.56 Å². The maximum atomic E-state index is 10.8. The molecule has 0 fully saturated rings. The van der Waals surface area contributed by atoms with Crippen molar-refractivity contribution in [3.05, 3.63) is 29.8 Å². The minimum atomic E-state index is -1.04. The van der Waals surface area contributed by atoms with Gasteiger partial charge < -0.3 is 10.2 Å². The molecular formula is C13H19NO4. The van der Waals surface area contributed by atoms with Gasteiger partial charge in [-0.25, -0.2) is 4.79 Å². The molecule has 5 heteroatoms. The number of rotatable bonds is 5. The molecule has 0 unspecified atom stereocenters. The number of aromatic carboxylic acids is 1. The topological polar surface area (TPSA) is 78.8 Å². The zero-order valence-corrected chi connectivity index (χ0v) is 11.0. The van der Waals surface area contributed by atoms with Crippen molar-refractivity contribution in [3.8, 4) is 0 Å². The third-order valence-electron chi connectivity index (χ3n) is 3.01. The zero-order chi connectivity index (χ0) is 14.0. The largest absolute Gasteiger partial charge is 0.478 e. The molecule has 3 N–H and O–H groups in total. The van der Waals surface area contributed by atoms with Gasteiger partial charge in [0.05, 0.1) is 16.9 Å². The minimum Gasteiger partial charge on any atom is -0.478 e. The van der Waals surface area contributed by atoms with Crippen molar-refractivity contribution in [1.29, 1.82) is 0 Å². The molecule has 0 heterocycles. The summed E-state index contributed by atoms with van der Waals surface area (Å²) in [6.07, 6.45) is 0. The quantitative estimate of drug-likeness (QED) is 0.702. The summed E-state index contributed by atoms with van der Waals surface area (Å²) in [6.45, 7) is 6.76. The van der Waals surface area contributed by atoms with E-state index in [1.54, 1.807) is 39.8 Å².